The first-order chi connectivity index (χ1) is 14.1. The van der Waals surface area contributed by atoms with Crippen molar-refractivity contribution in [3.05, 3.63) is 71.3 Å². The molecule has 3 rings (SSSR count). The van der Waals surface area contributed by atoms with Crippen LogP contribution < -0.4 is 5.73 Å². The maximum atomic E-state index is 13.7. The Hall–Kier alpha value is -2.72. The number of hydrogen-bond acceptors (Lipinski definition) is 4. The highest BCUT2D eigenvalue weighted by Crippen LogP contribution is 2.38. The summed E-state index contributed by atoms with van der Waals surface area (Å²) in [4.78, 5) is 25.4. The van der Waals surface area contributed by atoms with Crippen molar-refractivity contribution >= 4 is 24.4 Å². The summed E-state index contributed by atoms with van der Waals surface area (Å²) in [7, 11) is 0. The van der Waals surface area contributed by atoms with Gasteiger partial charge in [-0.05, 0) is 29.7 Å². The average molecular weight is 465 g/mol. The number of amides is 2. The molecule has 2 aromatic carbocycles. The van der Waals surface area contributed by atoms with E-state index >= 15 is 0 Å². The fraction of sp³-hybridized carbons (Fsp3) is 0.300. The molecule has 1 fully saturated rings. The van der Waals surface area contributed by atoms with Gasteiger partial charge >= 0.3 is 12.3 Å². The lowest BCUT2D eigenvalue weighted by Gasteiger charge is -2.29. The van der Waals surface area contributed by atoms with Gasteiger partial charge < -0.3 is 10.5 Å². The van der Waals surface area contributed by atoms with Crippen LogP contribution in [-0.4, -0.2) is 41.8 Å². The van der Waals surface area contributed by atoms with E-state index < -0.39 is 53.4 Å². The molecule has 0 spiro atoms. The van der Waals surface area contributed by atoms with Gasteiger partial charge in [-0.15, -0.1) is 12.4 Å². The molecular weight excluding hydrogens is 447 g/mol. The summed E-state index contributed by atoms with van der Waals surface area (Å²) >= 11 is 0. The quantitative estimate of drug-likeness (QED) is 0.680. The molecule has 0 saturated carbocycles. The third-order valence-corrected chi connectivity index (χ3v) is 4.75. The van der Waals surface area contributed by atoms with Crippen LogP contribution in [0.5, 0.6) is 0 Å². The maximum absolute atomic E-state index is 13.7. The molecule has 2 unspecified atom stereocenters. The lowest BCUT2D eigenvalue weighted by molar-refractivity contribution is -0.163. The number of cyclic esters (lactones) is 1. The second-order valence-corrected chi connectivity index (χ2v) is 6.88. The Morgan fingerprint density at radius 3 is 2.26 bits per heavy atom. The van der Waals surface area contributed by atoms with Crippen LogP contribution >= 0.6 is 12.4 Å². The molecule has 1 aliphatic heterocycles. The van der Waals surface area contributed by atoms with E-state index in [-0.39, 0.29) is 25.4 Å². The van der Waals surface area contributed by atoms with Crippen molar-refractivity contribution in [2.75, 3.05) is 6.61 Å². The van der Waals surface area contributed by atoms with Crippen LogP contribution in [0.15, 0.2) is 48.5 Å². The number of nitrogens with zero attached hydrogens (tertiary/aromatic N) is 1. The SMILES string of the molecule is Cl.NC(C(=O)N1C(=O)OC[C@@H]1Cc1ccccc1)C(c1cc(F)cc(F)c1)C(F)(F)F. The van der Waals surface area contributed by atoms with Crippen molar-refractivity contribution in [1.82, 2.24) is 4.90 Å². The highest BCUT2D eigenvalue weighted by atomic mass is 35.5. The van der Waals surface area contributed by atoms with Crippen LogP contribution in [0, 0.1) is 11.6 Å². The van der Waals surface area contributed by atoms with E-state index in [0.29, 0.717) is 23.1 Å². The molecule has 1 saturated heterocycles. The van der Waals surface area contributed by atoms with Gasteiger partial charge in [0.15, 0.2) is 0 Å². The van der Waals surface area contributed by atoms with E-state index in [4.69, 9.17) is 10.5 Å². The first-order valence-electron chi connectivity index (χ1n) is 8.90. The summed E-state index contributed by atoms with van der Waals surface area (Å²) in [6.45, 7) is -0.211. The van der Waals surface area contributed by atoms with E-state index in [9.17, 15) is 31.5 Å². The van der Waals surface area contributed by atoms with E-state index in [1.165, 1.54) is 0 Å². The molecule has 31 heavy (non-hydrogen) atoms. The minimum atomic E-state index is -5.10. The topological polar surface area (TPSA) is 72.6 Å². The molecule has 168 valence electrons. The highest BCUT2D eigenvalue weighted by molar-refractivity contribution is 5.97. The van der Waals surface area contributed by atoms with Crippen LogP contribution in [0.25, 0.3) is 0 Å². The summed E-state index contributed by atoms with van der Waals surface area (Å²) in [5.74, 6) is -6.56. The summed E-state index contributed by atoms with van der Waals surface area (Å²) in [6.07, 6.45) is -6.08. The number of imide groups is 1. The summed E-state index contributed by atoms with van der Waals surface area (Å²) in [5.41, 5.74) is 5.49. The standard InChI is InChI=1S/C20H17F5N2O3.ClH/c21-13-7-12(8-14(22)9-13)16(20(23,24)25)17(26)18(28)27-15(10-30-19(27)29)6-11-4-2-1-3-5-11;/h1-5,7-9,15-17H,6,10,26H2;1H/t15-,16?,17?;/m0./s1. The van der Waals surface area contributed by atoms with E-state index in [0.717, 1.165) is 5.56 Å². The number of carbonyl (C=O) groups is 2. The Morgan fingerprint density at radius 1 is 1.13 bits per heavy atom. The van der Waals surface area contributed by atoms with Crippen LogP contribution in [0.1, 0.15) is 17.0 Å². The van der Waals surface area contributed by atoms with Crippen LogP contribution in [0.3, 0.4) is 0 Å². The number of ether oxygens (including phenoxy) is 1. The van der Waals surface area contributed by atoms with Crippen molar-refractivity contribution < 1.29 is 36.3 Å². The van der Waals surface area contributed by atoms with Gasteiger partial charge in [-0.3, -0.25) is 4.79 Å². The highest BCUT2D eigenvalue weighted by Gasteiger charge is 2.51. The molecule has 2 N–H and O–H groups in total. The largest absolute Gasteiger partial charge is 0.447 e. The molecule has 0 aliphatic carbocycles. The summed E-state index contributed by atoms with van der Waals surface area (Å²) < 4.78 is 72.9. The first-order valence-corrected chi connectivity index (χ1v) is 8.90. The third-order valence-electron chi connectivity index (χ3n) is 4.75. The van der Waals surface area contributed by atoms with Crippen molar-refractivity contribution in [3.8, 4) is 0 Å². The molecule has 0 aromatic heterocycles. The number of benzene rings is 2. The molecule has 5 nitrogen and oxygen atoms in total. The fourth-order valence-electron chi connectivity index (χ4n) is 3.42. The normalized spacial score (nSPS) is 18.2. The molecule has 11 heteroatoms. The zero-order chi connectivity index (χ0) is 22.1. The number of nitrogens with two attached hydrogens (primary N) is 1. The lowest BCUT2D eigenvalue weighted by Crippen LogP contribution is -2.53. The Morgan fingerprint density at radius 2 is 1.71 bits per heavy atom. The Labute approximate surface area is 180 Å². The molecule has 0 radical (unpaired) electrons. The van der Waals surface area contributed by atoms with Crippen LogP contribution in [-0.2, 0) is 16.0 Å². The van der Waals surface area contributed by atoms with Gasteiger partial charge in [0.2, 0.25) is 5.91 Å². The van der Waals surface area contributed by atoms with E-state index in [1.807, 2.05) is 0 Å². The zero-order valence-corrected chi connectivity index (χ0v) is 16.6. The monoisotopic (exact) mass is 464 g/mol. The first kappa shape index (κ1) is 24.5. The van der Waals surface area contributed by atoms with Crippen LogP contribution in [0.2, 0.25) is 0 Å². The van der Waals surface area contributed by atoms with Gasteiger partial charge in [-0.25, -0.2) is 18.5 Å². The van der Waals surface area contributed by atoms with E-state index in [1.54, 1.807) is 30.3 Å². The van der Waals surface area contributed by atoms with Gasteiger partial charge in [0.25, 0.3) is 0 Å². The van der Waals surface area contributed by atoms with Gasteiger partial charge in [0.05, 0.1) is 6.04 Å². The Kier molecular flexibility index (Phi) is 7.61. The maximum Gasteiger partial charge on any atom is 0.417 e. The van der Waals surface area contributed by atoms with Gasteiger partial charge in [-0.2, -0.15) is 13.2 Å². The molecule has 1 heterocycles. The molecule has 0 bridgehead atoms. The minimum absolute atomic E-state index is 0. The number of carbonyl (C=O) groups excluding carboxylic acids is 2. The predicted octanol–water partition coefficient (Wildman–Crippen LogP) is 3.95. The summed E-state index contributed by atoms with van der Waals surface area (Å²) in [6, 6.07) is 6.79. The molecule has 2 amide bonds. The van der Waals surface area contributed by atoms with Gasteiger partial charge in [0.1, 0.15) is 30.2 Å². The molecule has 1 aliphatic rings. The van der Waals surface area contributed by atoms with E-state index in [2.05, 4.69) is 0 Å². The molecule has 2 aromatic rings. The van der Waals surface area contributed by atoms with Gasteiger partial charge in [0, 0.05) is 6.07 Å². The fourth-order valence-corrected chi connectivity index (χ4v) is 3.42. The number of alkyl halides is 3. The van der Waals surface area contributed by atoms with Crippen molar-refractivity contribution in [3.63, 3.8) is 0 Å². The second kappa shape index (κ2) is 9.61. The minimum Gasteiger partial charge on any atom is -0.447 e. The average Bonchev–Trinajstić information content (AvgIpc) is 3.00. The Bertz CT molecular complexity index is 922. The molecule has 3 atom stereocenters. The van der Waals surface area contributed by atoms with Crippen molar-refractivity contribution in [1.29, 1.82) is 0 Å². The smallest absolute Gasteiger partial charge is 0.417 e. The third kappa shape index (κ3) is 5.50. The van der Waals surface area contributed by atoms with Crippen molar-refractivity contribution in [2.24, 2.45) is 5.73 Å². The second-order valence-electron chi connectivity index (χ2n) is 6.88. The Balaban J connectivity index is 0.00000341. The number of hydrogen-bond donors (Lipinski definition) is 1. The number of rotatable bonds is 5. The van der Waals surface area contributed by atoms with Crippen molar-refractivity contribution in [2.45, 2.75) is 30.6 Å². The predicted molar refractivity (Wildman–Crippen MR) is 103 cm³/mol. The summed E-state index contributed by atoms with van der Waals surface area (Å²) in [5, 5.41) is 0. The lowest BCUT2D eigenvalue weighted by atomic mass is 9.89. The zero-order valence-electron chi connectivity index (χ0n) is 15.8. The van der Waals surface area contributed by atoms with Crippen LogP contribution in [0.4, 0.5) is 26.7 Å². The number of halogens is 6. The molecular formula is C20H18ClF5N2O3. The van der Waals surface area contributed by atoms with Gasteiger partial charge in [-0.1, -0.05) is 30.3 Å².